The number of rotatable bonds is 4. The molecule has 0 radical (unpaired) electrons. The number of aryl methyl sites for hydroxylation is 1. The molecule has 0 saturated carbocycles. The van der Waals surface area contributed by atoms with Crippen LogP contribution in [0.3, 0.4) is 0 Å². The van der Waals surface area contributed by atoms with Crippen molar-refractivity contribution in [1.82, 2.24) is 9.97 Å². The lowest BCUT2D eigenvalue weighted by Gasteiger charge is -2.26. The first-order valence-corrected chi connectivity index (χ1v) is 9.71. The van der Waals surface area contributed by atoms with Crippen molar-refractivity contribution < 1.29 is 22.7 Å². The number of anilines is 2. The molecule has 0 fully saturated rings. The van der Waals surface area contributed by atoms with Crippen LogP contribution >= 0.6 is 0 Å². The van der Waals surface area contributed by atoms with Gasteiger partial charge in [0.2, 0.25) is 0 Å². The molecule has 0 saturated heterocycles. The van der Waals surface area contributed by atoms with Crippen LogP contribution in [0.2, 0.25) is 0 Å². The van der Waals surface area contributed by atoms with Crippen LogP contribution in [-0.4, -0.2) is 29.5 Å². The van der Waals surface area contributed by atoms with E-state index in [2.05, 4.69) is 15.3 Å². The molecule has 1 aliphatic heterocycles. The molecule has 1 aliphatic rings. The number of likely N-dealkylation sites (N-methyl/N-ethyl adjacent to an activating group) is 1. The summed E-state index contributed by atoms with van der Waals surface area (Å²) in [6, 6.07) is 6.72. The molecule has 3 aromatic rings. The average Bonchev–Trinajstić information content (AvgIpc) is 2.69. The minimum atomic E-state index is -3.30. The number of nitrogens with zero attached hydrogens (tertiary/aromatic N) is 3. The molecule has 0 aliphatic carbocycles. The normalized spacial score (nSPS) is 14.9. The van der Waals surface area contributed by atoms with E-state index in [0.29, 0.717) is 40.9 Å². The third-order valence-corrected chi connectivity index (χ3v) is 5.30. The van der Waals surface area contributed by atoms with Crippen molar-refractivity contribution in [2.75, 3.05) is 23.9 Å². The zero-order valence-corrected chi connectivity index (χ0v) is 17.5. The maximum atomic E-state index is 14.8. The number of hydrogen-bond acceptors (Lipinski definition) is 5. The van der Waals surface area contributed by atoms with Gasteiger partial charge >= 0.3 is 0 Å². The first-order chi connectivity index (χ1) is 14.6. The van der Waals surface area contributed by atoms with Gasteiger partial charge in [0.1, 0.15) is 23.2 Å². The molecule has 4 rings (SSSR count). The topological polar surface area (TPSA) is 67.4 Å². The van der Waals surface area contributed by atoms with E-state index in [1.165, 1.54) is 17.0 Å². The Morgan fingerprint density at radius 3 is 2.71 bits per heavy atom. The summed E-state index contributed by atoms with van der Waals surface area (Å²) in [6.45, 7) is 3.98. The van der Waals surface area contributed by atoms with E-state index >= 15 is 0 Å². The molecule has 0 bridgehead atoms. The van der Waals surface area contributed by atoms with E-state index in [1.54, 1.807) is 33.0 Å². The molecule has 1 aromatic heterocycles. The van der Waals surface area contributed by atoms with E-state index in [1.807, 2.05) is 0 Å². The SMILES string of the molecule is Cc1nc(N[C@H](C)c2cccc(C(C)(F)F)c2F)c2cc3c(cc2n1)OCC(=O)N3C. The second-order valence-electron chi connectivity index (χ2n) is 7.66. The molecule has 9 heteroatoms. The van der Waals surface area contributed by atoms with Crippen molar-refractivity contribution in [2.45, 2.75) is 32.7 Å². The standard InChI is InChI=1S/C22H21F3N4O2/c1-11(13-6-5-7-15(20(13)23)22(3,24)25)26-21-14-8-17-18(31-10-19(30)29(17)4)9-16(14)27-12(2)28-21/h5-9,11H,10H2,1-4H3,(H,26,27,28)/t11-/m1/s1. The lowest BCUT2D eigenvalue weighted by Crippen LogP contribution is -2.35. The van der Waals surface area contributed by atoms with E-state index in [4.69, 9.17) is 4.74 Å². The molecule has 0 unspecified atom stereocenters. The van der Waals surface area contributed by atoms with Crippen LogP contribution < -0.4 is 15.0 Å². The van der Waals surface area contributed by atoms with E-state index < -0.39 is 23.3 Å². The van der Waals surface area contributed by atoms with Gasteiger partial charge in [-0.25, -0.2) is 23.1 Å². The Labute approximate surface area is 177 Å². The Hall–Kier alpha value is -3.36. The number of carbonyl (C=O) groups is 1. The van der Waals surface area contributed by atoms with Gasteiger partial charge in [0.15, 0.2) is 6.61 Å². The molecule has 162 valence electrons. The fourth-order valence-electron chi connectivity index (χ4n) is 3.63. The second-order valence-corrected chi connectivity index (χ2v) is 7.66. The number of fused-ring (bicyclic) bond motifs is 2. The number of hydrogen-bond donors (Lipinski definition) is 1. The summed E-state index contributed by atoms with van der Waals surface area (Å²) in [6.07, 6.45) is 0. The van der Waals surface area contributed by atoms with Crippen LogP contribution in [0.25, 0.3) is 10.9 Å². The van der Waals surface area contributed by atoms with Crippen molar-refractivity contribution in [3.05, 3.63) is 53.1 Å². The largest absolute Gasteiger partial charge is 0.481 e. The van der Waals surface area contributed by atoms with Crippen LogP contribution in [0.1, 0.15) is 36.8 Å². The van der Waals surface area contributed by atoms with E-state index in [-0.39, 0.29) is 18.1 Å². The molecule has 1 N–H and O–H groups in total. The van der Waals surface area contributed by atoms with Gasteiger partial charge in [-0.15, -0.1) is 0 Å². The minimum absolute atomic E-state index is 0.0567. The van der Waals surface area contributed by atoms with E-state index in [0.717, 1.165) is 6.07 Å². The quantitative estimate of drug-likeness (QED) is 0.649. The molecule has 1 amide bonds. The lowest BCUT2D eigenvalue weighted by molar-refractivity contribution is -0.120. The molecular formula is C22H21F3N4O2. The second kappa shape index (κ2) is 7.40. The summed E-state index contributed by atoms with van der Waals surface area (Å²) in [5, 5.41) is 3.71. The molecule has 31 heavy (non-hydrogen) atoms. The molecule has 0 spiro atoms. The summed E-state index contributed by atoms with van der Waals surface area (Å²) < 4.78 is 47.8. The third-order valence-electron chi connectivity index (χ3n) is 5.30. The fourth-order valence-corrected chi connectivity index (χ4v) is 3.63. The summed E-state index contributed by atoms with van der Waals surface area (Å²) in [7, 11) is 1.64. The highest BCUT2D eigenvalue weighted by Crippen LogP contribution is 2.38. The van der Waals surface area contributed by atoms with Crippen molar-refractivity contribution >= 4 is 28.3 Å². The highest BCUT2D eigenvalue weighted by molar-refractivity contribution is 6.02. The highest BCUT2D eigenvalue weighted by atomic mass is 19.3. The number of amides is 1. The van der Waals surface area contributed by atoms with Crippen LogP contribution in [0, 0.1) is 12.7 Å². The predicted octanol–water partition coefficient (Wildman–Crippen LogP) is 4.72. The smallest absolute Gasteiger partial charge is 0.273 e. The van der Waals surface area contributed by atoms with Gasteiger partial charge in [-0.1, -0.05) is 18.2 Å². The molecule has 2 heterocycles. The maximum absolute atomic E-state index is 14.8. The van der Waals surface area contributed by atoms with Gasteiger partial charge < -0.3 is 15.0 Å². The number of aromatic nitrogens is 2. The summed E-state index contributed by atoms with van der Waals surface area (Å²) in [5.41, 5.74) is 0.578. The van der Waals surface area contributed by atoms with Gasteiger partial charge in [0, 0.05) is 31.0 Å². The predicted molar refractivity (Wildman–Crippen MR) is 111 cm³/mol. The number of nitrogens with one attached hydrogen (secondary N) is 1. The van der Waals surface area contributed by atoms with E-state index in [9.17, 15) is 18.0 Å². The summed E-state index contributed by atoms with van der Waals surface area (Å²) in [5.74, 6) is -3.05. The number of benzene rings is 2. The summed E-state index contributed by atoms with van der Waals surface area (Å²) >= 11 is 0. The molecular weight excluding hydrogens is 409 g/mol. The average molecular weight is 430 g/mol. The highest BCUT2D eigenvalue weighted by Gasteiger charge is 2.30. The molecule has 6 nitrogen and oxygen atoms in total. The number of ether oxygens (including phenoxy) is 1. The van der Waals surface area contributed by atoms with Gasteiger partial charge in [0.05, 0.1) is 22.8 Å². The Morgan fingerprint density at radius 2 is 2.00 bits per heavy atom. The molecule has 2 aromatic carbocycles. The van der Waals surface area contributed by atoms with Gasteiger partial charge in [-0.2, -0.15) is 0 Å². The van der Waals surface area contributed by atoms with Crippen LogP contribution in [0.15, 0.2) is 30.3 Å². The summed E-state index contributed by atoms with van der Waals surface area (Å²) in [4.78, 5) is 22.3. The Morgan fingerprint density at radius 1 is 1.26 bits per heavy atom. The Kier molecular flexibility index (Phi) is 4.99. The Balaban J connectivity index is 1.78. The van der Waals surface area contributed by atoms with Crippen LogP contribution in [-0.2, 0) is 10.7 Å². The lowest BCUT2D eigenvalue weighted by atomic mass is 10.0. The Bertz CT molecular complexity index is 1190. The van der Waals surface area contributed by atoms with Gasteiger partial charge in [-0.05, 0) is 19.9 Å². The van der Waals surface area contributed by atoms with Gasteiger partial charge in [-0.3, -0.25) is 4.79 Å². The molecule has 1 atom stereocenters. The first kappa shape index (κ1) is 20.9. The van der Waals surface area contributed by atoms with Crippen molar-refractivity contribution in [3.8, 4) is 5.75 Å². The third kappa shape index (κ3) is 3.75. The van der Waals surface area contributed by atoms with Crippen molar-refractivity contribution in [3.63, 3.8) is 0 Å². The van der Waals surface area contributed by atoms with Crippen molar-refractivity contribution in [1.29, 1.82) is 0 Å². The first-order valence-electron chi connectivity index (χ1n) is 9.71. The number of alkyl halides is 2. The van der Waals surface area contributed by atoms with Crippen LogP contribution in [0.4, 0.5) is 24.7 Å². The number of halogens is 3. The fraction of sp³-hybridized carbons (Fsp3) is 0.318. The maximum Gasteiger partial charge on any atom is 0.273 e. The van der Waals surface area contributed by atoms with Crippen LogP contribution in [0.5, 0.6) is 5.75 Å². The zero-order chi connectivity index (χ0) is 22.5. The number of carbonyl (C=O) groups excluding carboxylic acids is 1. The zero-order valence-electron chi connectivity index (χ0n) is 17.5. The minimum Gasteiger partial charge on any atom is -0.481 e. The monoisotopic (exact) mass is 430 g/mol. The van der Waals surface area contributed by atoms with Crippen molar-refractivity contribution in [2.24, 2.45) is 0 Å². The van der Waals surface area contributed by atoms with Gasteiger partial charge in [0.25, 0.3) is 11.8 Å².